The summed E-state index contributed by atoms with van der Waals surface area (Å²) in [6, 6.07) is 12.3. The molecule has 0 aliphatic carbocycles. The summed E-state index contributed by atoms with van der Waals surface area (Å²) in [5.74, 6) is 0. The van der Waals surface area contributed by atoms with Gasteiger partial charge < -0.3 is 4.57 Å². The Morgan fingerprint density at radius 1 is 0.960 bits per heavy atom. The fourth-order valence-corrected chi connectivity index (χ4v) is 3.43. The van der Waals surface area contributed by atoms with Crippen molar-refractivity contribution in [2.24, 2.45) is 0 Å². The van der Waals surface area contributed by atoms with Crippen LogP contribution in [0.2, 0.25) is 0 Å². The van der Waals surface area contributed by atoms with Crippen molar-refractivity contribution in [3.05, 3.63) is 65.7 Å². The van der Waals surface area contributed by atoms with Gasteiger partial charge in [-0.1, -0.05) is 23.4 Å². The van der Waals surface area contributed by atoms with Gasteiger partial charge in [-0.2, -0.15) is 0 Å². The van der Waals surface area contributed by atoms with E-state index in [-0.39, 0.29) is 0 Å². The van der Waals surface area contributed by atoms with Crippen LogP contribution in [-0.4, -0.2) is 29.4 Å². The van der Waals surface area contributed by atoms with E-state index in [0.717, 1.165) is 38.8 Å². The van der Waals surface area contributed by atoms with E-state index in [4.69, 9.17) is 0 Å². The molecule has 0 unspecified atom stereocenters. The molecule has 0 aliphatic heterocycles. The quantitative estimate of drug-likeness (QED) is 0.499. The van der Waals surface area contributed by atoms with Gasteiger partial charge in [0.1, 0.15) is 11.2 Å². The monoisotopic (exact) mass is 328 g/mol. The molecule has 0 atom stereocenters. The number of para-hydroxylation sites is 2. The van der Waals surface area contributed by atoms with Gasteiger partial charge in [-0.3, -0.25) is 4.98 Å². The molecule has 122 valence electrons. The molecule has 0 N–H and O–H groups in total. The van der Waals surface area contributed by atoms with Crippen molar-refractivity contribution in [2.75, 3.05) is 0 Å². The van der Waals surface area contributed by atoms with Gasteiger partial charge in [0.05, 0.1) is 41.1 Å². The summed E-state index contributed by atoms with van der Waals surface area (Å²) in [7, 11) is 0. The van der Waals surface area contributed by atoms with E-state index in [1.807, 2.05) is 35.2 Å². The first kappa shape index (κ1) is 14.1. The largest absolute Gasteiger partial charge is 0.324 e. The Morgan fingerprint density at radius 3 is 2.76 bits per heavy atom. The van der Waals surface area contributed by atoms with Crippen LogP contribution >= 0.6 is 0 Å². The van der Waals surface area contributed by atoms with E-state index in [0.29, 0.717) is 6.54 Å². The lowest BCUT2D eigenvalue weighted by atomic mass is 10.1. The van der Waals surface area contributed by atoms with Crippen LogP contribution in [0.1, 0.15) is 16.8 Å². The highest BCUT2D eigenvalue weighted by molar-refractivity contribution is 5.82. The van der Waals surface area contributed by atoms with Crippen LogP contribution < -0.4 is 0 Å². The molecule has 0 bridgehead atoms. The number of benzene rings is 2. The average molecular weight is 328 g/mol. The highest BCUT2D eigenvalue weighted by Gasteiger charge is 2.13. The Hall–Kier alpha value is -3.28. The molecule has 0 radical (unpaired) electrons. The smallest absolute Gasteiger partial charge is 0.112 e. The predicted molar refractivity (Wildman–Crippen MR) is 96.6 cm³/mol. The van der Waals surface area contributed by atoms with Crippen LogP contribution in [-0.2, 0) is 6.54 Å². The van der Waals surface area contributed by atoms with Crippen LogP contribution in [0.15, 0.2) is 48.9 Å². The third-order valence-electron chi connectivity index (χ3n) is 4.60. The van der Waals surface area contributed by atoms with Gasteiger partial charge in [0.2, 0.25) is 0 Å². The lowest BCUT2D eigenvalue weighted by Gasteiger charge is -2.06. The van der Waals surface area contributed by atoms with Crippen molar-refractivity contribution >= 4 is 27.6 Å². The van der Waals surface area contributed by atoms with Crippen molar-refractivity contribution in [1.82, 2.24) is 29.4 Å². The molecular formula is C19H16N6. The summed E-state index contributed by atoms with van der Waals surface area (Å²) < 4.78 is 3.97. The molecule has 0 amide bonds. The molecular weight excluding hydrogens is 312 g/mol. The van der Waals surface area contributed by atoms with Gasteiger partial charge in [-0.25, -0.2) is 9.50 Å². The number of imidazole rings is 1. The van der Waals surface area contributed by atoms with Gasteiger partial charge in [0, 0.05) is 0 Å². The van der Waals surface area contributed by atoms with Crippen molar-refractivity contribution in [2.45, 2.75) is 20.4 Å². The Kier molecular flexibility index (Phi) is 2.88. The molecule has 0 spiro atoms. The number of aromatic nitrogens is 6. The minimum Gasteiger partial charge on any atom is -0.324 e. The lowest BCUT2D eigenvalue weighted by molar-refractivity contribution is 0.783. The van der Waals surface area contributed by atoms with Crippen LogP contribution in [0, 0.1) is 13.8 Å². The van der Waals surface area contributed by atoms with Gasteiger partial charge in [-0.05, 0) is 43.2 Å². The minimum absolute atomic E-state index is 0.613. The van der Waals surface area contributed by atoms with Gasteiger partial charge in [-0.15, -0.1) is 5.10 Å². The molecule has 2 aromatic carbocycles. The second kappa shape index (κ2) is 5.11. The van der Waals surface area contributed by atoms with E-state index in [1.54, 1.807) is 0 Å². The standard InChI is InChI=1S/C19H16N6/c1-12-7-13(2)19-17(8-12)25-18(9-20-19)15(22-23-25)10-24-11-21-14-5-3-4-6-16(14)24/h3-9,11H,10H2,1-2H3. The molecule has 5 aromatic rings. The van der Waals surface area contributed by atoms with Crippen LogP contribution in [0.5, 0.6) is 0 Å². The zero-order valence-corrected chi connectivity index (χ0v) is 14.0. The molecule has 25 heavy (non-hydrogen) atoms. The highest BCUT2D eigenvalue weighted by Crippen LogP contribution is 2.21. The van der Waals surface area contributed by atoms with Crippen LogP contribution in [0.4, 0.5) is 0 Å². The van der Waals surface area contributed by atoms with Gasteiger partial charge in [0.25, 0.3) is 0 Å². The van der Waals surface area contributed by atoms with E-state index in [9.17, 15) is 0 Å². The zero-order valence-electron chi connectivity index (χ0n) is 14.0. The molecule has 0 aliphatic rings. The number of hydrogen-bond acceptors (Lipinski definition) is 4. The molecule has 3 heterocycles. The predicted octanol–water partition coefficient (Wildman–Crippen LogP) is 3.29. The first-order valence-corrected chi connectivity index (χ1v) is 8.21. The van der Waals surface area contributed by atoms with E-state index < -0.39 is 0 Å². The molecule has 0 fully saturated rings. The van der Waals surface area contributed by atoms with E-state index in [2.05, 4.69) is 56.9 Å². The van der Waals surface area contributed by atoms with Crippen molar-refractivity contribution in [3.63, 3.8) is 0 Å². The van der Waals surface area contributed by atoms with E-state index >= 15 is 0 Å². The number of nitrogens with zero attached hydrogens (tertiary/aromatic N) is 6. The maximum Gasteiger partial charge on any atom is 0.112 e. The number of hydrogen-bond donors (Lipinski definition) is 0. The summed E-state index contributed by atoms with van der Waals surface area (Å²) in [6.07, 6.45) is 3.71. The SMILES string of the molecule is Cc1cc(C)c2ncc3c(Cn4cnc5ccccc54)nnn3c2c1. The third-order valence-corrected chi connectivity index (χ3v) is 4.60. The highest BCUT2D eigenvalue weighted by atomic mass is 15.4. The summed E-state index contributed by atoms with van der Waals surface area (Å²) in [4.78, 5) is 9.09. The Balaban J connectivity index is 1.69. The first-order chi connectivity index (χ1) is 12.2. The fourth-order valence-electron chi connectivity index (χ4n) is 3.43. The summed E-state index contributed by atoms with van der Waals surface area (Å²) in [5.41, 5.74) is 8.17. The number of aryl methyl sites for hydroxylation is 2. The second-order valence-corrected chi connectivity index (χ2v) is 6.40. The fraction of sp³-hybridized carbons (Fsp3) is 0.158. The summed E-state index contributed by atoms with van der Waals surface area (Å²) in [5, 5.41) is 8.79. The maximum atomic E-state index is 4.65. The van der Waals surface area contributed by atoms with Gasteiger partial charge >= 0.3 is 0 Å². The Bertz CT molecular complexity index is 1250. The topological polar surface area (TPSA) is 60.9 Å². The third kappa shape index (κ3) is 2.11. The normalized spacial score (nSPS) is 11.8. The molecule has 5 rings (SSSR count). The second-order valence-electron chi connectivity index (χ2n) is 6.40. The average Bonchev–Trinajstić information content (AvgIpc) is 3.20. The van der Waals surface area contributed by atoms with Crippen molar-refractivity contribution in [1.29, 1.82) is 0 Å². The number of fused-ring (bicyclic) bond motifs is 4. The first-order valence-electron chi connectivity index (χ1n) is 8.21. The Labute approximate surface area is 143 Å². The zero-order chi connectivity index (χ0) is 17.0. The Morgan fingerprint density at radius 2 is 1.84 bits per heavy atom. The molecule has 0 saturated heterocycles. The summed E-state index contributed by atoms with van der Waals surface area (Å²) in [6.45, 7) is 4.77. The molecule has 3 aromatic heterocycles. The van der Waals surface area contributed by atoms with E-state index in [1.165, 1.54) is 5.56 Å². The minimum atomic E-state index is 0.613. The van der Waals surface area contributed by atoms with Gasteiger partial charge in [0.15, 0.2) is 0 Å². The number of rotatable bonds is 2. The molecule has 0 saturated carbocycles. The maximum absolute atomic E-state index is 4.65. The van der Waals surface area contributed by atoms with Crippen molar-refractivity contribution in [3.8, 4) is 0 Å². The van der Waals surface area contributed by atoms with Crippen molar-refractivity contribution < 1.29 is 0 Å². The summed E-state index contributed by atoms with van der Waals surface area (Å²) >= 11 is 0. The lowest BCUT2D eigenvalue weighted by Crippen LogP contribution is -2.00. The van der Waals surface area contributed by atoms with Crippen LogP contribution in [0.3, 0.4) is 0 Å². The van der Waals surface area contributed by atoms with Crippen LogP contribution in [0.25, 0.3) is 27.6 Å². The molecule has 6 nitrogen and oxygen atoms in total. The molecule has 6 heteroatoms.